The normalized spacial score (nSPS) is 21.6. The van der Waals surface area contributed by atoms with Crippen LogP contribution in [0.15, 0.2) is 37.1 Å². The molecule has 0 unspecified atom stereocenters. The van der Waals surface area contributed by atoms with Crippen molar-refractivity contribution in [3.8, 4) is 0 Å². The smallest absolute Gasteiger partial charge is 0.257 e. The molecule has 1 saturated heterocycles. The van der Waals surface area contributed by atoms with Gasteiger partial charge in [-0.05, 0) is 12.5 Å². The summed E-state index contributed by atoms with van der Waals surface area (Å²) in [6.07, 6.45) is 4.98. The Morgan fingerprint density at radius 3 is 2.88 bits per heavy atom. The maximum atomic E-state index is 14.4. The van der Waals surface area contributed by atoms with Crippen molar-refractivity contribution in [2.24, 2.45) is 0 Å². The number of anilines is 1. The molecule has 0 aromatic carbocycles. The Bertz CT molecular complexity index is 721. The van der Waals surface area contributed by atoms with Crippen LogP contribution >= 0.6 is 0 Å². The second kappa shape index (κ2) is 6.75. The molecule has 2 N–H and O–H groups in total. The molecular formula is C16H19F2N5O2. The van der Waals surface area contributed by atoms with Crippen LogP contribution in [0.5, 0.6) is 0 Å². The van der Waals surface area contributed by atoms with Crippen molar-refractivity contribution in [3.05, 3.63) is 47.8 Å². The Balaban J connectivity index is 1.73. The molecule has 2 aromatic rings. The van der Waals surface area contributed by atoms with Crippen molar-refractivity contribution in [1.29, 1.82) is 0 Å². The van der Waals surface area contributed by atoms with Gasteiger partial charge in [0.1, 0.15) is 5.82 Å². The summed E-state index contributed by atoms with van der Waals surface area (Å²) in [5.74, 6) is -3.78. The van der Waals surface area contributed by atoms with Gasteiger partial charge < -0.3 is 15.5 Å². The number of nitrogens with one attached hydrogen (secondary N) is 2. The first kappa shape index (κ1) is 17.3. The lowest BCUT2D eigenvalue weighted by atomic mass is 9.87. The zero-order valence-corrected chi connectivity index (χ0v) is 13.7. The molecule has 7 nitrogen and oxygen atoms in total. The lowest BCUT2D eigenvalue weighted by molar-refractivity contribution is -0.605. The Labute approximate surface area is 143 Å². The minimum Gasteiger partial charge on any atom is -0.619 e. The van der Waals surface area contributed by atoms with Gasteiger partial charge >= 0.3 is 0 Å². The van der Waals surface area contributed by atoms with E-state index in [0.717, 1.165) is 0 Å². The number of rotatable bonds is 4. The Kier molecular flexibility index (Phi) is 4.67. The molecule has 1 aliphatic rings. The van der Waals surface area contributed by atoms with Gasteiger partial charge in [0.2, 0.25) is 5.91 Å². The van der Waals surface area contributed by atoms with Crippen molar-refractivity contribution < 1.29 is 18.3 Å². The number of carbonyl (C=O) groups is 1. The number of alkyl halides is 2. The van der Waals surface area contributed by atoms with Crippen LogP contribution < -0.4 is 10.0 Å². The van der Waals surface area contributed by atoms with E-state index >= 15 is 0 Å². The number of imidazole rings is 1. The summed E-state index contributed by atoms with van der Waals surface area (Å²) in [6.45, 7) is 1.84. The van der Waals surface area contributed by atoms with Crippen LogP contribution in [-0.2, 0) is 4.79 Å². The summed E-state index contributed by atoms with van der Waals surface area (Å²) in [5, 5.41) is 13.8. The van der Waals surface area contributed by atoms with Gasteiger partial charge in [0.05, 0.1) is 24.5 Å². The lowest BCUT2D eigenvalue weighted by Gasteiger charge is -2.40. The fourth-order valence-electron chi connectivity index (χ4n) is 3.01. The molecule has 0 radical (unpaired) electrons. The van der Waals surface area contributed by atoms with Gasteiger partial charge in [-0.1, -0.05) is 0 Å². The van der Waals surface area contributed by atoms with Crippen molar-refractivity contribution in [3.63, 3.8) is 0 Å². The number of hydrogen-bond acceptors (Lipinski definition) is 4. The van der Waals surface area contributed by atoms with Gasteiger partial charge in [0.15, 0.2) is 12.4 Å². The van der Waals surface area contributed by atoms with Crippen LogP contribution in [0, 0.1) is 5.21 Å². The highest BCUT2D eigenvalue weighted by molar-refractivity contribution is 5.93. The molecule has 25 heavy (non-hydrogen) atoms. The van der Waals surface area contributed by atoms with E-state index in [9.17, 15) is 18.8 Å². The van der Waals surface area contributed by atoms with Gasteiger partial charge in [-0.2, -0.15) is 4.73 Å². The van der Waals surface area contributed by atoms with E-state index in [0.29, 0.717) is 16.1 Å². The summed E-state index contributed by atoms with van der Waals surface area (Å²) >= 11 is 0. The van der Waals surface area contributed by atoms with Gasteiger partial charge in [0.25, 0.3) is 5.92 Å². The third-order valence-electron chi connectivity index (χ3n) is 4.57. The Hall–Kier alpha value is -2.55. The number of halogens is 2. The van der Waals surface area contributed by atoms with Gasteiger partial charge in [-0.25, -0.2) is 13.8 Å². The molecular weight excluding hydrogens is 332 g/mol. The van der Waals surface area contributed by atoms with Crippen LogP contribution in [0.3, 0.4) is 0 Å². The van der Waals surface area contributed by atoms with E-state index in [1.165, 1.54) is 37.1 Å². The van der Waals surface area contributed by atoms with E-state index in [1.807, 2.05) is 0 Å². The van der Waals surface area contributed by atoms with Crippen LogP contribution in [0.25, 0.3) is 0 Å². The number of piperidine rings is 1. The van der Waals surface area contributed by atoms with Crippen molar-refractivity contribution in [2.75, 3.05) is 18.4 Å². The SMILES string of the molecule is C[C@H](C(=O)Nc1cnc[nH]1)N1CCC(F)(F)[C@@H](c2cc[n+]([O-])cc2)C1. The summed E-state index contributed by atoms with van der Waals surface area (Å²) in [7, 11) is 0. The standard InChI is InChI=1S/C16H19F2N5O2/c1-11(15(24)21-14-8-19-10-20-14)22-7-4-16(17,18)13(9-22)12-2-5-23(25)6-3-12/h2-3,5-6,8,10-11,13H,4,7,9H2,1H3,(H,19,20)(H,21,24)/t11-,13-/m1/s1. The largest absolute Gasteiger partial charge is 0.619 e. The summed E-state index contributed by atoms with van der Waals surface area (Å²) in [4.78, 5) is 20.6. The van der Waals surface area contributed by atoms with Gasteiger partial charge in [-0.15, -0.1) is 0 Å². The quantitative estimate of drug-likeness (QED) is 0.645. The number of hydrogen-bond donors (Lipinski definition) is 2. The van der Waals surface area contributed by atoms with E-state index in [2.05, 4.69) is 15.3 Å². The van der Waals surface area contributed by atoms with E-state index < -0.39 is 17.9 Å². The molecule has 3 rings (SSSR count). The predicted molar refractivity (Wildman–Crippen MR) is 86.0 cm³/mol. The zero-order valence-electron chi connectivity index (χ0n) is 13.7. The maximum Gasteiger partial charge on any atom is 0.257 e. The molecule has 2 atom stereocenters. The molecule has 0 aliphatic carbocycles. The highest BCUT2D eigenvalue weighted by atomic mass is 19.3. The monoisotopic (exact) mass is 351 g/mol. The Morgan fingerprint density at radius 2 is 2.24 bits per heavy atom. The summed E-state index contributed by atoms with van der Waals surface area (Å²) in [5.41, 5.74) is 0.392. The lowest BCUT2D eigenvalue weighted by Crippen LogP contribution is -2.52. The first-order valence-electron chi connectivity index (χ1n) is 7.96. The minimum atomic E-state index is -2.88. The molecule has 9 heteroatoms. The molecule has 0 bridgehead atoms. The molecule has 0 spiro atoms. The van der Waals surface area contributed by atoms with E-state index in [-0.39, 0.29) is 25.4 Å². The number of likely N-dealkylation sites (tertiary alicyclic amines) is 1. The number of H-pyrrole nitrogens is 1. The van der Waals surface area contributed by atoms with Crippen LogP contribution in [0.1, 0.15) is 24.8 Å². The molecule has 0 saturated carbocycles. The predicted octanol–water partition coefficient (Wildman–Crippen LogP) is 1.49. The number of aromatic nitrogens is 3. The van der Waals surface area contributed by atoms with Gasteiger partial charge in [0, 0.05) is 31.6 Å². The number of pyridine rings is 1. The molecule has 3 heterocycles. The molecule has 1 amide bonds. The average molecular weight is 351 g/mol. The summed E-state index contributed by atoms with van der Waals surface area (Å²) < 4.78 is 29.3. The average Bonchev–Trinajstić information content (AvgIpc) is 3.08. The van der Waals surface area contributed by atoms with E-state index in [1.54, 1.807) is 11.8 Å². The van der Waals surface area contributed by atoms with Crippen molar-refractivity contribution in [1.82, 2.24) is 14.9 Å². The van der Waals surface area contributed by atoms with Crippen molar-refractivity contribution in [2.45, 2.75) is 31.2 Å². The maximum absolute atomic E-state index is 14.4. The second-order valence-electron chi connectivity index (χ2n) is 6.18. The third-order valence-corrected chi connectivity index (χ3v) is 4.57. The van der Waals surface area contributed by atoms with Crippen LogP contribution in [0.4, 0.5) is 14.6 Å². The topological polar surface area (TPSA) is 88.0 Å². The summed E-state index contributed by atoms with van der Waals surface area (Å²) in [6, 6.07) is 2.24. The fourth-order valence-corrected chi connectivity index (χ4v) is 3.01. The first-order chi connectivity index (χ1) is 11.9. The highest BCUT2D eigenvalue weighted by Crippen LogP contribution is 2.40. The number of aromatic amines is 1. The Morgan fingerprint density at radius 1 is 1.52 bits per heavy atom. The highest BCUT2D eigenvalue weighted by Gasteiger charge is 2.46. The zero-order chi connectivity index (χ0) is 18.0. The third kappa shape index (κ3) is 3.76. The molecule has 1 aliphatic heterocycles. The number of amides is 1. The van der Waals surface area contributed by atoms with Crippen molar-refractivity contribution >= 4 is 11.7 Å². The molecule has 134 valence electrons. The van der Waals surface area contributed by atoms with Gasteiger partial charge in [-0.3, -0.25) is 9.69 Å². The second-order valence-corrected chi connectivity index (χ2v) is 6.18. The minimum absolute atomic E-state index is 0.0352. The fraction of sp³-hybridized carbons (Fsp3) is 0.438. The first-order valence-corrected chi connectivity index (χ1v) is 7.96. The number of carbonyl (C=O) groups excluding carboxylic acids is 1. The van der Waals surface area contributed by atoms with Crippen LogP contribution in [-0.4, -0.2) is 45.8 Å². The molecule has 1 fully saturated rings. The van der Waals surface area contributed by atoms with E-state index in [4.69, 9.17) is 0 Å². The molecule has 2 aromatic heterocycles. The number of nitrogens with zero attached hydrogens (tertiary/aromatic N) is 3. The van der Waals surface area contributed by atoms with Crippen LogP contribution in [0.2, 0.25) is 0 Å².